The molecule has 0 heterocycles. The van der Waals surface area contributed by atoms with Crippen LogP contribution in [-0.2, 0) is 16.1 Å². The zero-order valence-electron chi connectivity index (χ0n) is 17.6. The quantitative estimate of drug-likeness (QED) is 0.405. The molecular weight excluding hydrogens is 374 g/mol. The van der Waals surface area contributed by atoms with Gasteiger partial charge in [0.2, 0.25) is 0 Å². The van der Waals surface area contributed by atoms with Crippen molar-refractivity contribution in [3.8, 4) is 0 Å². The second-order valence-corrected chi connectivity index (χ2v) is 7.74. The van der Waals surface area contributed by atoms with Crippen molar-refractivity contribution in [2.75, 3.05) is 5.32 Å². The maximum atomic E-state index is 12.7. The van der Waals surface area contributed by atoms with Gasteiger partial charge in [-0.05, 0) is 36.6 Å². The highest BCUT2D eigenvalue weighted by Gasteiger charge is 2.23. The van der Waals surface area contributed by atoms with E-state index in [0.29, 0.717) is 11.1 Å². The number of ketones is 1. The molecule has 0 fully saturated rings. The largest absolute Gasteiger partial charge is 0.459 e. The Labute approximate surface area is 177 Å². The molecular formula is C26H27NO3. The molecule has 0 spiro atoms. The summed E-state index contributed by atoms with van der Waals surface area (Å²) in [5.74, 6) is -0.306. The van der Waals surface area contributed by atoms with Crippen LogP contribution in [0.5, 0.6) is 0 Å². The first-order chi connectivity index (χ1) is 14.4. The van der Waals surface area contributed by atoms with E-state index in [1.165, 1.54) is 0 Å². The lowest BCUT2D eigenvalue weighted by Gasteiger charge is -2.22. The Kier molecular flexibility index (Phi) is 7.02. The molecule has 1 N–H and O–H groups in total. The number of carbonyl (C=O) groups is 2. The maximum absolute atomic E-state index is 12.7. The minimum absolute atomic E-state index is 0.0510. The Morgan fingerprint density at radius 3 is 2.20 bits per heavy atom. The molecule has 4 heteroatoms. The van der Waals surface area contributed by atoms with Crippen LogP contribution in [0.25, 0.3) is 0 Å². The van der Waals surface area contributed by atoms with E-state index in [4.69, 9.17) is 4.74 Å². The Balaban J connectivity index is 1.65. The Morgan fingerprint density at radius 1 is 0.867 bits per heavy atom. The predicted octanol–water partition coefficient (Wildman–Crippen LogP) is 5.41. The third-order valence-electron chi connectivity index (χ3n) is 4.90. The summed E-state index contributed by atoms with van der Waals surface area (Å²) in [6.07, 6.45) is 0. The highest BCUT2D eigenvalue weighted by atomic mass is 16.5. The number of nitrogens with one attached hydrogen (secondary N) is 1. The van der Waals surface area contributed by atoms with Gasteiger partial charge < -0.3 is 10.1 Å². The van der Waals surface area contributed by atoms with Crippen molar-refractivity contribution in [2.45, 2.75) is 33.4 Å². The molecule has 3 rings (SSSR count). The van der Waals surface area contributed by atoms with E-state index in [0.717, 1.165) is 16.8 Å². The average molecular weight is 402 g/mol. The van der Waals surface area contributed by atoms with Gasteiger partial charge in [0.25, 0.3) is 0 Å². The summed E-state index contributed by atoms with van der Waals surface area (Å²) in [4.78, 5) is 25.4. The van der Waals surface area contributed by atoms with Gasteiger partial charge >= 0.3 is 5.97 Å². The van der Waals surface area contributed by atoms with Crippen molar-refractivity contribution >= 4 is 17.4 Å². The van der Waals surface area contributed by atoms with Gasteiger partial charge in [-0.25, -0.2) is 4.79 Å². The van der Waals surface area contributed by atoms with Crippen LogP contribution in [0, 0.1) is 12.8 Å². The molecule has 0 radical (unpaired) electrons. The lowest BCUT2D eigenvalue weighted by molar-refractivity contribution is -0.146. The average Bonchev–Trinajstić information content (AvgIpc) is 2.77. The van der Waals surface area contributed by atoms with E-state index in [9.17, 15) is 9.59 Å². The number of hydrogen-bond acceptors (Lipinski definition) is 4. The second kappa shape index (κ2) is 9.88. The standard InChI is InChI=1S/C26H27NO3/c1-18(2)24(27-23-14-12-19(3)13-15-23)26(29)30-17-20-8-7-11-22(16-20)25(28)21-9-5-4-6-10-21/h4-16,18,24,27H,17H2,1-3H3/t24-/m0/s1. The number of hydrogen-bond donors (Lipinski definition) is 1. The fourth-order valence-electron chi connectivity index (χ4n) is 3.13. The van der Waals surface area contributed by atoms with E-state index in [-0.39, 0.29) is 24.3 Å². The fraction of sp³-hybridized carbons (Fsp3) is 0.231. The van der Waals surface area contributed by atoms with Crippen LogP contribution in [0.2, 0.25) is 0 Å². The lowest BCUT2D eigenvalue weighted by atomic mass is 10.0. The topological polar surface area (TPSA) is 55.4 Å². The van der Waals surface area contributed by atoms with Crippen molar-refractivity contribution in [3.05, 3.63) is 101 Å². The lowest BCUT2D eigenvalue weighted by Crippen LogP contribution is -2.36. The molecule has 0 saturated heterocycles. The molecule has 0 saturated carbocycles. The van der Waals surface area contributed by atoms with Crippen molar-refractivity contribution in [1.82, 2.24) is 0 Å². The third-order valence-corrected chi connectivity index (χ3v) is 4.90. The smallest absolute Gasteiger partial charge is 0.329 e. The van der Waals surface area contributed by atoms with Crippen LogP contribution in [-0.4, -0.2) is 17.8 Å². The molecule has 154 valence electrons. The fourth-order valence-corrected chi connectivity index (χ4v) is 3.13. The maximum Gasteiger partial charge on any atom is 0.329 e. The molecule has 0 unspecified atom stereocenters. The SMILES string of the molecule is Cc1ccc(N[C@H](C(=O)OCc2cccc(C(=O)c3ccccc3)c2)C(C)C)cc1. The summed E-state index contributed by atoms with van der Waals surface area (Å²) in [6.45, 7) is 6.10. The molecule has 0 amide bonds. The van der Waals surface area contributed by atoms with Gasteiger partial charge in [-0.1, -0.05) is 80.1 Å². The molecule has 30 heavy (non-hydrogen) atoms. The van der Waals surface area contributed by atoms with Crippen LogP contribution >= 0.6 is 0 Å². The highest BCUT2D eigenvalue weighted by Crippen LogP contribution is 2.17. The normalized spacial score (nSPS) is 11.7. The monoisotopic (exact) mass is 401 g/mol. The summed E-state index contributed by atoms with van der Waals surface area (Å²) in [6, 6.07) is 23.8. The van der Waals surface area contributed by atoms with Gasteiger partial charge in [-0.3, -0.25) is 4.79 Å². The number of ether oxygens (including phenoxy) is 1. The second-order valence-electron chi connectivity index (χ2n) is 7.74. The van der Waals surface area contributed by atoms with Crippen molar-refractivity contribution in [2.24, 2.45) is 5.92 Å². The number of aryl methyl sites for hydroxylation is 1. The number of rotatable bonds is 8. The van der Waals surface area contributed by atoms with Gasteiger partial charge in [0.1, 0.15) is 12.6 Å². The Morgan fingerprint density at radius 2 is 1.53 bits per heavy atom. The summed E-state index contributed by atoms with van der Waals surface area (Å²) in [7, 11) is 0. The van der Waals surface area contributed by atoms with Gasteiger partial charge in [0.15, 0.2) is 5.78 Å². The van der Waals surface area contributed by atoms with Crippen molar-refractivity contribution in [1.29, 1.82) is 0 Å². The minimum atomic E-state index is -0.457. The van der Waals surface area contributed by atoms with E-state index in [1.54, 1.807) is 24.3 Å². The summed E-state index contributed by atoms with van der Waals surface area (Å²) in [5.41, 5.74) is 4.03. The molecule has 1 atom stereocenters. The molecule has 3 aromatic rings. The van der Waals surface area contributed by atoms with E-state index in [2.05, 4.69) is 5.32 Å². The number of esters is 1. The van der Waals surface area contributed by atoms with E-state index >= 15 is 0 Å². The zero-order chi connectivity index (χ0) is 21.5. The molecule has 0 bridgehead atoms. The van der Waals surface area contributed by atoms with E-state index < -0.39 is 6.04 Å². The number of carbonyl (C=O) groups excluding carboxylic acids is 2. The van der Waals surface area contributed by atoms with E-state index in [1.807, 2.05) is 75.4 Å². The van der Waals surface area contributed by atoms with Gasteiger partial charge in [0.05, 0.1) is 0 Å². The zero-order valence-corrected chi connectivity index (χ0v) is 17.6. The van der Waals surface area contributed by atoms with Gasteiger partial charge in [-0.2, -0.15) is 0 Å². The Hall–Kier alpha value is -3.40. The first kappa shape index (κ1) is 21.3. The van der Waals surface area contributed by atoms with Crippen LogP contribution in [0.3, 0.4) is 0 Å². The van der Waals surface area contributed by atoms with Crippen LogP contribution in [0.4, 0.5) is 5.69 Å². The first-order valence-electron chi connectivity index (χ1n) is 10.1. The van der Waals surface area contributed by atoms with Crippen molar-refractivity contribution in [3.63, 3.8) is 0 Å². The summed E-state index contributed by atoms with van der Waals surface area (Å²) >= 11 is 0. The summed E-state index contributed by atoms with van der Waals surface area (Å²) < 4.78 is 5.58. The van der Waals surface area contributed by atoms with Crippen LogP contribution < -0.4 is 5.32 Å². The highest BCUT2D eigenvalue weighted by molar-refractivity contribution is 6.09. The first-order valence-corrected chi connectivity index (χ1v) is 10.1. The van der Waals surface area contributed by atoms with Crippen LogP contribution in [0.15, 0.2) is 78.9 Å². The molecule has 3 aromatic carbocycles. The van der Waals surface area contributed by atoms with Gasteiger partial charge in [-0.15, -0.1) is 0 Å². The summed E-state index contributed by atoms with van der Waals surface area (Å²) in [5, 5.41) is 3.26. The molecule has 0 aliphatic carbocycles. The molecule has 0 aliphatic heterocycles. The minimum Gasteiger partial charge on any atom is -0.459 e. The molecule has 4 nitrogen and oxygen atoms in total. The molecule has 0 aromatic heterocycles. The number of benzene rings is 3. The van der Waals surface area contributed by atoms with Gasteiger partial charge in [0, 0.05) is 16.8 Å². The van der Waals surface area contributed by atoms with Crippen LogP contribution in [0.1, 0.15) is 40.9 Å². The number of anilines is 1. The van der Waals surface area contributed by atoms with Crippen molar-refractivity contribution < 1.29 is 14.3 Å². The molecule has 0 aliphatic rings. The third kappa shape index (κ3) is 5.57. The predicted molar refractivity (Wildman–Crippen MR) is 120 cm³/mol. The Bertz CT molecular complexity index is 994.